The molecule has 0 saturated carbocycles. The normalized spacial score (nSPS) is 23.6. The van der Waals surface area contributed by atoms with E-state index in [2.05, 4.69) is 10.3 Å². The second-order valence-corrected chi connectivity index (χ2v) is 5.08. The maximum Gasteiger partial charge on any atom is 0.355 e. The van der Waals surface area contributed by atoms with E-state index in [9.17, 15) is 9.59 Å². The highest BCUT2D eigenvalue weighted by Gasteiger charge is 2.23. The summed E-state index contributed by atoms with van der Waals surface area (Å²) in [6.07, 6.45) is 1.67. The Balaban J connectivity index is 1.96. The molecular formula is C11H14N2O4S. The third-order valence-corrected chi connectivity index (χ3v) is 3.58. The fourth-order valence-electron chi connectivity index (χ4n) is 1.85. The van der Waals surface area contributed by atoms with Gasteiger partial charge in [-0.05, 0) is 19.8 Å². The highest BCUT2D eigenvalue weighted by atomic mass is 32.1. The number of nitrogens with zero attached hydrogens (tertiary/aromatic N) is 1. The fraction of sp³-hybridized carbons (Fsp3) is 0.545. The van der Waals surface area contributed by atoms with Gasteiger partial charge in [-0.25, -0.2) is 9.78 Å². The Morgan fingerprint density at radius 3 is 3.00 bits per heavy atom. The van der Waals surface area contributed by atoms with Crippen LogP contribution in [0.2, 0.25) is 0 Å². The summed E-state index contributed by atoms with van der Waals surface area (Å²) < 4.78 is 5.39. The van der Waals surface area contributed by atoms with Gasteiger partial charge in [0.15, 0.2) is 10.7 Å². The largest absolute Gasteiger partial charge is 0.476 e. The Morgan fingerprint density at radius 2 is 2.39 bits per heavy atom. The van der Waals surface area contributed by atoms with Crippen LogP contribution in [0.5, 0.6) is 0 Å². The number of nitrogens with one attached hydrogen (secondary N) is 1. The number of hydrogen-bond acceptors (Lipinski definition) is 5. The van der Waals surface area contributed by atoms with Gasteiger partial charge in [-0.15, -0.1) is 11.3 Å². The molecule has 1 aliphatic heterocycles. The summed E-state index contributed by atoms with van der Waals surface area (Å²) in [7, 11) is 0. The van der Waals surface area contributed by atoms with Crippen LogP contribution in [0.25, 0.3) is 0 Å². The first kappa shape index (κ1) is 13.0. The van der Waals surface area contributed by atoms with E-state index in [1.165, 1.54) is 5.38 Å². The number of carboxylic acids is 1. The van der Waals surface area contributed by atoms with E-state index in [1.54, 1.807) is 0 Å². The van der Waals surface area contributed by atoms with Crippen LogP contribution in [0.15, 0.2) is 5.38 Å². The predicted octanol–water partition coefficient (Wildman–Crippen LogP) is 1.14. The molecule has 1 amide bonds. The molecule has 0 aliphatic carbocycles. The molecule has 0 aromatic carbocycles. The highest BCUT2D eigenvalue weighted by Crippen LogP contribution is 2.15. The third kappa shape index (κ3) is 3.05. The van der Waals surface area contributed by atoms with E-state index >= 15 is 0 Å². The quantitative estimate of drug-likeness (QED) is 0.859. The van der Waals surface area contributed by atoms with Gasteiger partial charge in [-0.2, -0.15) is 0 Å². The highest BCUT2D eigenvalue weighted by molar-refractivity contribution is 7.11. The maximum atomic E-state index is 11.9. The van der Waals surface area contributed by atoms with Crippen molar-refractivity contribution in [3.63, 3.8) is 0 Å². The minimum absolute atomic E-state index is 0.0680. The number of carbonyl (C=O) groups excluding carboxylic acids is 1. The van der Waals surface area contributed by atoms with Gasteiger partial charge >= 0.3 is 5.97 Å². The molecule has 0 spiro atoms. The van der Waals surface area contributed by atoms with Crippen LogP contribution in [-0.4, -0.2) is 40.7 Å². The van der Waals surface area contributed by atoms with Gasteiger partial charge in [0.1, 0.15) is 0 Å². The van der Waals surface area contributed by atoms with Crippen molar-refractivity contribution in [3.05, 3.63) is 16.1 Å². The van der Waals surface area contributed by atoms with Crippen molar-refractivity contribution in [1.29, 1.82) is 0 Å². The van der Waals surface area contributed by atoms with E-state index < -0.39 is 5.97 Å². The van der Waals surface area contributed by atoms with E-state index in [1.807, 2.05) is 6.92 Å². The lowest BCUT2D eigenvalue weighted by Gasteiger charge is -2.27. The fourth-order valence-corrected chi connectivity index (χ4v) is 2.55. The molecule has 2 atom stereocenters. The summed E-state index contributed by atoms with van der Waals surface area (Å²) >= 11 is 1.04. The van der Waals surface area contributed by atoms with Gasteiger partial charge in [0.05, 0.1) is 6.10 Å². The van der Waals surface area contributed by atoms with Gasteiger partial charge in [-0.1, -0.05) is 0 Å². The monoisotopic (exact) mass is 270 g/mol. The average Bonchev–Trinajstić information content (AvgIpc) is 2.78. The van der Waals surface area contributed by atoms with Crippen molar-refractivity contribution in [2.24, 2.45) is 0 Å². The van der Waals surface area contributed by atoms with Crippen LogP contribution in [-0.2, 0) is 4.74 Å². The first-order chi connectivity index (χ1) is 8.56. The summed E-state index contributed by atoms with van der Waals surface area (Å²) in [6, 6.07) is 0.0680. The molecule has 1 aliphatic rings. The number of ether oxygens (including phenoxy) is 1. The number of hydrogen-bond donors (Lipinski definition) is 2. The molecule has 2 N–H and O–H groups in total. The molecular weight excluding hydrogens is 256 g/mol. The van der Waals surface area contributed by atoms with Crippen molar-refractivity contribution >= 4 is 23.2 Å². The number of carbonyl (C=O) groups is 2. The molecule has 6 nitrogen and oxygen atoms in total. The van der Waals surface area contributed by atoms with Crippen LogP contribution < -0.4 is 5.32 Å². The zero-order valence-corrected chi connectivity index (χ0v) is 10.7. The Hall–Kier alpha value is -1.47. The van der Waals surface area contributed by atoms with Crippen LogP contribution in [0.1, 0.15) is 40.1 Å². The van der Waals surface area contributed by atoms with Gasteiger partial charge < -0.3 is 15.2 Å². The van der Waals surface area contributed by atoms with E-state index in [4.69, 9.17) is 9.84 Å². The molecule has 98 valence electrons. The lowest BCUT2D eigenvalue weighted by Crippen LogP contribution is -2.41. The topological polar surface area (TPSA) is 88.5 Å². The molecule has 0 bridgehead atoms. The Bertz CT molecular complexity index is 460. The molecule has 2 heterocycles. The van der Waals surface area contributed by atoms with E-state index in [0.717, 1.165) is 24.2 Å². The predicted molar refractivity (Wildman–Crippen MR) is 65.0 cm³/mol. The molecule has 1 fully saturated rings. The first-order valence-electron chi connectivity index (χ1n) is 5.67. The Morgan fingerprint density at radius 1 is 1.61 bits per heavy atom. The number of carboxylic acid groups (broad SMARTS) is 1. The summed E-state index contributed by atoms with van der Waals surface area (Å²) in [4.78, 5) is 26.3. The second kappa shape index (κ2) is 5.45. The summed E-state index contributed by atoms with van der Waals surface area (Å²) in [5, 5.41) is 13.1. The smallest absolute Gasteiger partial charge is 0.355 e. The maximum absolute atomic E-state index is 11.9. The molecule has 18 heavy (non-hydrogen) atoms. The van der Waals surface area contributed by atoms with Crippen LogP contribution in [0, 0.1) is 0 Å². The molecule has 1 aromatic rings. The number of aromatic nitrogens is 1. The van der Waals surface area contributed by atoms with Crippen molar-refractivity contribution < 1.29 is 19.4 Å². The SMILES string of the molecule is CC1CC(NC(=O)c2nc(C(=O)O)cs2)CCO1. The summed E-state index contributed by atoms with van der Waals surface area (Å²) in [5.41, 5.74) is -0.0921. The van der Waals surface area contributed by atoms with Gasteiger partial charge in [0, 0.05) is 18.0 Å². The van der Waals surface area contributed by atoms with E-state index in [-0.39, 0.29) is 28.8 Å². The minimum atomic E-state index is -1.12. The second-order valence-electron chi connectivity index (χ2n) is 4.22. The van der Waals surface area contributed by atoms with Gasteiger partial charge in [-0.3, -0.25) is 4.79 Å². The van der Waals surface area contributed by atoms with Crippen molar-refractivity contribution in [1.82, 2.24) is 10.3 Å². The standard InChI is InChI=1S/C11H14N2O4S/c1-6-4-7(2-3-17-6)12-9(14)10-13-8(5-18-10)11(15)16/h5-7H,2-4H2,1H3,(H,12,14)(H,15,16). The summed E-state index contributed by atoms with van der Waals surface area (Å²) in [5.74, 6) is -1.43. The van der Waals surface area contributed by atoms with Crippen LogP contribution >= 0.6 is 11.3 Å². The molecule has 2 unspecified atom stereocenters. The number of aromatic carboxylic acids is 1. The molecule has 1 aromatic heterocycles. The Kier molecular flexibility index (Phi) is 3.93. The average molecular weight is 270 g/mol. The molecule has 7 heteroatoms. The van der Waals surface area contributed by atoms with Crippen LogP contribution in [0.3, 0.4) is 0 Å². The number of thiazole rings is 1. The van der Waals surface area contributed by atoms with Crippen molar-refractivity contribution in [3.8, 4) is 0 Å². The van der Waals surface area contributed by atoms with E-state index in [0.29, 0.717) is 6.61 Å². The molecule has 0 radical (unpaired) electrons. The van der Waals surface area contributed by atoms with Crippen molar-refractivity contribution in [2.45, 2.75) is 31.9 Å². The number of amides is 1. The van der Waals surface area contributed by atoms with Gasteiger partial charge in [0.25, 0.3) is 5.91 Å². The minimum Gasteiger partial charge on any atom is -0.476 e. The summed E-state index contributed by atoms with van der Waals surface area (Å²) in [6.45, 7) is 2.59. The lowest BCUT2D eigenvalue weighted by atomic mass is 10.0. The van der Waals surface area contributed by atoms with Crippen molar-refractivity contribution in [2.75, 3.05) is 6.61 Å². The zero-order valence-electron chi connectivity index (χ0n) is 9.88. The van der Waals surface area contributed by atoms with Gasteiger partial charge in [0.2, 0.25) is 0 Å². The number of rotatable bonds is 3. The Labute approximate surface area is 108 Å². The van der Waals surface area contributed by atoms with Crippen LogP contribution in [0.4, 0.5) is 0 Å². The zero-order chi connectivity index (χ0) is 13.1. The lowest BCUT2D eigenvalue weighted by molar-refractivity contribution is 0.0136. The molecule has 2 rings (SSSR count). The first-order valence-corrected chi connectivity index (χ1v) is 6.55. The third-order valence-electron chi connectivity index (χ3n) is 2.74. The molecule has 1 saturated heterocycles.